The number of hydrogen-bond donors (Lipinski definition) is 1. The van der Waals surface area contributed by atoms with Crippen LogP contribution in [0.2, 0.25) is 0 Å². The molecule has 0 aliphatic rings. The molecule has 2 aromatic heterocycles. The lowest BCUT2D eigenvalue weighted by atomic mass is 10.1. The van der Waals surface area contributed by atoms with Crippen LogP contribution in [0.1, 0.15) is 11.4 Å². The maximum absolute atomic E-state index is 12.6. The number of aromatic nitrogens is 2. The predicted octanol–water partition coefficient (Wildman–Crippen LogP) is 4.30. The van der Waals surface area contributed by atoms with Crippen molar-refractivity contribution in [1.29, 1.82) is 0 Å². The quantitative estimate of drug-likeness (QED) is 0.482. The number of benzene rings is 2. The van der Waals surface area contributed by atoms with Crippen molar-refractivity contribution in [2.45, 2.75) is 13.1 Å². The summed E-state index contributed by atoms with van der Waals surface area (Å²) >= 11 is 1.54. The number of hydrogen-bond acceptors (Lipinski definition) is 6. The van der Waals surface area contributed by atoms with Gasteiger partial charge in [0.15, 0.2) is 0 Å². The van der Waals surface area contributed by atoms with Gasteiger partial charge >= 0.3 is 0 Å². The van der Waals surface area contributed by atoms with Gasteiger partial charge in [0.25, 0.3) is 5.56 Å². The first kappa shape index (κ1) is 20.1. The van der Waals surface area contributed by atoms with Crippen molar-refractivity contribution in [3.63, 3.8) is 0 Å². The summed E-state index contributed by atoms with van der Waals surface area (Å²) in [5.41, 5.74) is 2.01. The molecule has 0 aliphatic heterocycles. The van der Waals surface area contributed by atoms with Crippen LogP contribution in [0, 0.1) is 0 Å². The van der Waals surface area contributed by atoms with Crippen LogP contribution in [0.3, 0.4) is 0 Å². The number of methoxy groups -OCH3 is 2. The highest BCUT2D eigenvalue weighted by Gasteiger charge is 2.13. The van der Waals surface area contributed by atoms with Gasteiger partial charge in [0.1, 0.15) is 22.2 Å². The Balaban J connectivity index is 1.56. The summed E-state index contributed by atoms with van der Waals surface area (Å²) in [7, 11) is 5.26. The lowest BCUT2D eigenvalue weighted by molar-refractivity contribution is 0.302. The molecule has 0 saturated carbocycles. The Morgan fingerprint density at radius 1 is 1.03 bits per heavy atom. The summed E-state index contributed by atoms with van der Waals surface area (Å²) in [5, 5.41) is 0.627. The molecule has 1 N–H and O–H groups in total. The van der Waals surface area contributed by atoms with Crippen molar-refractivity contribution in [2.75, 3.05) is 21.3 Å². The van der Waals surface area contributed by atoms with E-state index in [1.54, 1.807) is 14.2 Å². The van der Waals surface area contributed by atoms with Crippen molar-refractivity contribution >= 4 is 21.6 Å². The van der Waals surface area contributed by atoms with Gasteiger partial charge in [0, 0.05) is 23.1 Å². The standard InChI is InChI=1S/C23H23N3O3S/c1-26(13-16-9-10-17(28-2)11-19(16)29-3)14-21-24-22(27)18-12-20(30-23(18)25-21)15-7-5-4-6-8-15/h4-12H,13-14H2,1-3H3,(H,24,25,27). The molecule has 2 heterocycles. The summed E-state index contributed by atoms with van der Waals surface area (Å²) in [6.45, 7) is 1.16. The average molecular weight is 422 g/mol. The van der Waals surface area contributed by atoms with E-state index in [-0.39, 0.29) is 5.56 Å². The van der Waals surface area contributed by atoms with Crippen molar-refractivity contribution in [3.8, 4) is 21.9 Å². The second-order valence-corrected chi connectivity index (χ2v) is 8.09. The first-order valence-corrected chi connectivity index (χ1v) is 10.4. The molecule has 0 radical (unpaired) electrons. The number of aromatic amines is 1. The third kappa shape index (κ3) is 4.22. The SMILES string of the molecule is COc1ccc(CN(C)Cc2nc3sc(-c4ccccc4)cc3c(=O)[nH]2)c(OC)c1. The van der Waals surface area contributed by atoms with Crippen LogP contribution in [-0.2, 0) is 13.1 Å². The van der Waals surface area contributed by atoms with E-state index in [0.717, 1.165) is 32.3 Å². The first-order valence-electron chi connectivity index (χ1n) is 9.55. The molecule has 4 rings (SSSR count). The zero-order valence-electron chi connectivity index (χ0n) is 17.1. The van der Waals surface area contributed by atoms with E-state index in [4.69, 9.17) is 14.5 Å². The minimum absolute atomic E-state index is 0.108. The van der Waals surface area contributed by atoms with Crippen LogP contribution in [0.5, 0.6) is 11.5 Å². The van der Waals surface area contributed by atoms with E-state index < -0.39 is 0 Å². The third-order valence-corrected chi connectivity index (χ3v) is 5.94. The van der Waals surface area contributed by atoms with Crippen LogP contribution >= 0.6 is 11.3 Å². The van der Waals surface area contributed by atoms with E-state index in [9.17, 15) is 4.79 Å². The van der Waals surface area contributed by atoms with Gasteiger partial charge in [-0.1, -0.05) is 36.4 Å². The smallest absolute Gasteiger partial charge is 0.259 e. The highest BCUT2D eigenvalue weighted by atomic mass is 32.1. The molecule has 0 spiro atoms. The molecule has 7 heteroatoms. The predicted molar refractivity (Wildman–Crippen MR) is 120 cm³/mol. The maximum atomic E-state index is 12.6. The van der Waals surface area contributed by atoms with Crippen molar-refractivity contribution in [2.24, 2.45) is 0 Å². The fourth-order valence-corrected chi connectivity index (χ4v) is 4.44. The molecule has 0 saturated heterocycles. The zero-order chi connectivity index (χ0) is 21.1. The number of ether oxygens (including phenoxy) is 2. The lowest BCUT2D eigenvalue weighted by Crippen LogP contribution is -2.21. The zero-order valence-corrected chi connectivity index (χ0v) is 18.0. The molecule has 6 nitrogen and oxygen atoms in total. The Kier molecular flexibility index (Phi) is 5.83. The molecular formula is C23H23N3O3S. The summed E-state index contributed by atoms with van der Waals surface area (Å²) in [5.74, 6) is 2.16. The summed E-state index contributed by atoms with van der Waals surface area (Å²) in [6.07, 6.45) is 0. The number of rotatable bonds is 7. The molecule has 0 bridgehead atoms. The monoisotopic (exact) mass is 421 g/mol. The van der Waals surface area contributed by atoms with E-state index in [0.29, 0.717) is 24.3 Å². The van der Waals surface area contributed by atoms with Crippen LogP contribution in [0.25, 0.3) is 20.7 Å². The molecule has 0 atom stereocenters. The number of H-pyrrole nitrogens is 1. The Morgan fingerprint density at radius 3 is 2.57 bits per heavy atom. The van der Waals surface area contributed by atoms with Gasteiger partial charge in [-0.15, -0.1) is 11.3 Å². The number of nitrogens with zero attached hydrogens (tertiary/aromatic N) is 2. The summed E-state index contributed by atoms with van der Waals surface area (Å²) in [4.78, 5) is 24.1. The van der Waals surface area contributed by atoms with Crippen molar-refractivity contribution in [3.05, 3.63) is 76.3 Å². The molecule has 2 aromatic carbocycles. The molecule has 0 aliphatic carbocycles. The number of thiophene rings is 1. The molecular weight excluding hydrogens is 398 g/mol. The third-order valence-electron chi connectivity index (χ3n) is 4.86. The van der Waals surface area contributed by atoms with Gasteiger partial charge in [0.2, 0.25) is 0 Å². The fourth-order valence-electron chi connectivity index (χ4n) is 3.38. The topological polar surface area (TPSA) is 67.5 Å². The van der Waals surface area contributed by atoms with Crippen LogP contribution in [0.15, 0.2) is 59.4 Å². The summed E-state index contributed by atoms with van der Waals surface area (Å²) < 4.78 is 10.7. The fraction of sp³-hybridized carbons (Fsp3) is 0.217. The number of fused-ring (bicyclic) bond motifs is 1. The molecule has 30 heavy (non-hydrogen) atoms. The van der Waals surface area contributed by atoms with Gasteiger partial charge < -0.3 is 14.5 Å². The lowest BCUT2D eigenvalue weighted by Gasteiger charge is -2.18. The van der Waals surface area contributed by atoms with Gasteiger partial charge in [0.05, 0.1) is 26.2 Å². The van der Waals surface area contributed by atoms with E-state index in [1.165, 1.54) is 11.3 Å². The second-order valence-electron chi connectivity index (χ2n) is 7.06. The normalized spacial score (nSPS) is 11.2. The van der Waals surface area contributed by atoms with E-state index in [1.807, 2.05) is 61.6 Å². The van der Waals surface area contributed by atoms with E-state index in [2.05, 4.69) is 9.88 Å². The summed E-state index contributed by atoms with van der Waals surface area (Å²) in [6, 6.07) is 17.7. The largest absolute Gasteiger partial charge is 0.497 e. The first-order chi connectivity index (χ1) is 14.6. The van der Waals surface area contributed by atoms with E-state index >= 15 is 0 Å². The Bertz CT molecular complexity index is 1220. The minimum atomic E-state index is -0.108. The van der Waals surface area contributed by atoms with Gasteiger partial charge in [-0.25, -0.2) is 4.98 Å². The van der Waals surface area contributed by atoms with Crippen LogP contribution in [-0.4, -0.2) is 36.1 Å². The number of nitrogens with one attached hydrogen (secondary N) is 1. The Labute approximate surface area is 178 Å². The molecule has 4 aromatic rings. The van der Waals surface area contributed by atoms with Crippen LogP contribution < -0.4 is 15.0 Å². The average Bonchev–Trinajstić information content (AvgIpc) is 3.19. The second kappa shape index (κ2) is 8.69. The molecule has 0 amide bonds. The van der Waals surface area contributed by atoms with Crippen molar-refractivity contribution in [1.82, 2.24) is 14.9 Å². The van der Waals surface area contributed by atoms with Gasteiger partial charge in [-0.05, 0) is 24.7 Å². The Morgan fingerprint density at radius 2 is 1.83 bits per heavy atom. The van der Waals surface area contributed by atoms with Crippen molar-refractivity contribution < 1.29 is 9.47 Å². The molecule has 0 unspecified atom stereocenters. The van der Waals surface area contributed by atoms with Gasteiger partial charge in [-0.2, -0.15) is 0 Å². The molecule has 0 fully saturated rings. The maximum Gasteiger partial charge on any atom is 0.259 e. The highest BCUT2D eigenvalue weighted by Crippen LogP contribution is 2.31. The molecule has 154 valence electrons. The minimum Gasteiger partial charge on any atom is -0.497 e. The van der Waals surface area contributed by atoms with Gasteiger partial charge in [-0.3, -0.25) is 9.69 Å². The van der Waals surface area contributed by atoms with Crippen LogP contribution in [0.4, 0.5) is 0 Å². The highest BCUT2D eigenvalue weighted by molar-refractivity contribution is 7.21. The Hall–Kier alpha value is -3.16.